The van der Waals surface area contributed by atoms with Crippen LogP contribution in [0, 0.1) is 5.92 Å². The van der Waals surface area contributed by atoms with Gasteiger partial charge in [-0.25, -0.2) is 15.0 Å². The Hall–Kier alpha value is -2.28. The van der Waals surface area contributed by atoms with Crippen molar-refractivity contribution in [3.63, 3.8) is 0 Å². The largest absolute Gasteiger partial charge is 0.370 e. The number of imidazole rings is 1. The van der Waals surface area contributed by atoms with Crippen LogP contribution in [0.4, 0.5) is 0 Å². The van der Waals surface area contributed by atoms with E-state index in [0.29, 0.717) is 24.6 Å². The minimum absolute atomic E-state index is 0.0692. The maximum Gasteiger partial charge on any atom is 0.254 e. The van der Waals surface area contributed by atoms with Crippen LogP contribution in [0.15, 0.2) is 24.9 Å². The Labute approximate surface area is 140 Å². The predicted molar refractivity (Wildman–Crippen MR) is 86.3 cm³/mol. The van der Waals surface area contributed by atoms with Gasteiger partial charge in [0.05, 0.1) is 11.3 Å². The molecule has 0 radical (unpaired) electrons. The van der Waals surface area contributed by atoms with Gasteiger partial charge in [0.25, 0.3) is 5.91 Å². The van der Waals surface area contributed by atoms with Gasteiger partial charge >= 0.3 is 0 Å². The molecule has 7 nitrogen and oxygen atoms in total. The minimum atomic E-state index is -0.0945. The van der Waals surface area contributed by atoms with E-state index in [4.69, 9.17) is 4.74 Å². The van der Waals surface area contributed by atoms with Crippen molar-refractivity contribution in [1.29, 1.82) is 0 Å². The molecule has 1 aliphatic carbocycles. The number of hydrogen-bond acceptors (Lipinski definition) is 5. The highest BCUT2D eigenvalue weighted by molar-refractivity contribution is 5.95. The molecule has 126 valence electrons. The molecule has 2 aliphatic rings. The number of hydrogen-bond donors (Lipinski definition) is 1. The number of rotatable bonds is 5. The van der Waals surface area contributed by atoms with Gasteiger partial charge in [-0.2, -0.15) is 0 Å². The fraction of sp³-hybridized carbons (Fsp3) is 0.529. The molecule has 1 aliphatic heterocycles. The highest BCUT2D eigenvalue weighted by Gasteiger charge is 2.33. The van der Waals surface area contributed by atoms with Crippen molar-refractivity contribution in [1.82, 2.24) is 24.8 Å². The van der Waals surface area contributed by atoms with Gasteiger partial charge in [0.1, 0.15) is 18.3 Å². The summed E-state index contributed by atoms with van der Waals surface area (Å²) < 4.78 is 7.81. The monoisotopic (exact) mass is 327 g/mol. The molecule has 24 heavy (non-hydrogen) atoms. The molecule has 0 spiro atoms. The minimum Gasteiger partial charge on any atom is -0.370 e. The summed E-state index contributed by atoms with van der Waals surface area (Å²) in [5.74, 6) is 1.46. The second kappa shape index (κ2) is 6.32. The number of nitrogens with zero attached hydrogens (tertiary/aromatic N) is 4. The molecule has 7 heteroatoms. The second-order valence-corrected chi connectivity index (χ2v) is 6.54. The standard InChI is InChI=1S/C17H21N5O2/c1-22-6-5-19-16(22)15-12(4-7-24-15)8-20-17(23)13-9-18-10-21-14(13)11-2-3-11/h5-6,9-12,15H,2-4,7-8H2,1H3,(H,20,23)/t12-,15+/m0/s1. The summed E-state index contributed by atoms with van der Waals surface area (Å²) in [5.41, 5.74) is 1.48. The Kier molecular flexibility index (Phi) is 4.02. The highest BCUT2D eigenvalue weighted by Crippen LogP contribution is 2.40. The lowest BCUT2D eigenvalue weighted by molar-refractivity contribution is 0.0779. The third-order valence-corrected chi connectivity index (χ3v) is 4.80. The van der Waals surface area contributed by atoms with Crippen LogP contribution in [-0.2, 0) is 11.8 Å². The molecule has 0 bridgehead atoms. The SMILES string of the molecule is Cn1ccnc1[C@@H]1OCC[C@H]1CNC(=O)c1cncnc1C1CC1. The van der Waals surface area contributed by atoms with E-state index < -0.39 is 0 Å². The molecule has 2 atom stereocenters. The van der Waals surface area contributed by atoms with E-state index in [-0.39, 0.29) is 17.9 Å². The normalized spacial score (nSPS) is 23.4. The van der Waals surface area contributed by atoms with Crippen molar-refractivity contribution in [2.75, 3.05) is 13.2 Å². The van der Waals surface area contributed by atoms with Crippen LogP contribution in [0.1, 0.15) is 53.2 Å². The molecule has 1 amide bonds. The lowest BCUT2D eigenvalue weighted by atomic mass is 10.0. The molecular weight excluding hydrogens is 306 g/mol. The Morgan fingerprint density at radius 2 is 2.25 bits per heavy atom. The topological polar surface area (TPSA) is 81.9 Å². The zero-order chi connectivity index (χ0) is 16.5. The van der Waals surface area contributed by atoms with Crippen molar-refractivity contribution >= 4 is 5.91 Å². The summed E-state index contributed by atoms with van der Waals surface area (Å²) >= 11 is 0. The first-order chi connectivity index (χ1) is 11.7. The number of nitrogens with one attached hydrogen (secondary N) is 1. The van der Waals surface area contributed by atoms with Crippen molar-refractivity contribution in [2.45, 2.75) is 31.3 Å². The third-order valence-electron chi connectivity index (χ3n) is 4.80. The third kappa shape index (κ3) is 2.91. The summed E-state index contributed by atoms with van der Waals surface area (Å²) in [6.07, 6.45) is 9.89. The van der Waals surface area contributed by atoms with Gasteiger partial charge in [0.2, 0.25) is 0 Å². The molecule has 1 saturated heterocycles. The molecule has 1 saturated carbocycles. The molecule has 2 aromatic rings. The Bertz CT molecular complexity index is 740. The van der Waals surface area contributed by atoms with Gasteiger partial charge in [-0.1, -0.05) is 0 Å². The van der Waals surface area contributed by atoms with E-state index in [0.717, 1.165) is 30.8 Å². The Morgan fingerprint density at radius 3 is 3.00 bits per heavy atom. The Morgan fingerprint density at radius 1 is 1.38 bits per heavy atom. The van der Waals surface area contributed by atoms with Gasteiger partial charge in [0, 0.05) is 50.6 Å². The van der Waals surface area contributed by atoms with Gasteiger partial charge in [-0.15, -0.1) is 0 Å². The fourth-order valence-corrected chi connectivity index (χ4v) is 3.29. The van der Waals surface area contributed by atoms with Gasteiger partial charge < -0.3 is 14.6 Å². The molecule has 4 rings (SSSR count). The van der Waals surface area contributed by atoms with Crippen LogP contribution in [-0.4, -0.2) is 38.6 Å². The summed E-state index contributed by atoms with van der Waals surface area (Å²) in [6.45, 7) is 1.26. The molecule has 0 unspecified atom stereocenters. The van der Waals surface area contributed by atoms with Crippen LogP contribution in [0.5, 0.6) is 0 Å². The highest BCUT2D eigenvalue weighted by atomic mass is 16.5. The van der Waals surface area contributed by atoms with Crippen LogP contribution in [0.2, 0.25) is 0 Å². The zero-order valence-corrected chi connectivity index (χ0v) is 13.7. The average Bonchev–Trinajstić information content (AvgIpc) is 3.20. The summed E-state index contributed by atoms with van der Waals surface area (Å²) in [6, 6.07) is 0. The number of aromatic nitrogens is 4. The predicted octanol–water partition coefficient (Wildman–Crippen LogP) is 1.60. The number of amides is 1. The Balaban J connectivity index is 1.43. The molecular formula is C17H21N5O2. The van der Waals surface area contributed by atoms with Crippen LogP contribution in [0.3, 0.4) is 0 Å². The van der Waals surface area contributed by atoms with Crippen molar-refractivity contribution in [3.05, 3.63) is 42.0 Å². The lowest BCUT2D eigenvalue weighted by Crippen LogP contribution is -2.32. The van der Waals surface area contributed by atoms with E-state index in [1.807, 2.05) is 17.8 Å². The summed E-state index contributed by atoms with van der Waals surface area (Å²) in [7, 11) is 1.96. The molecule has 0 aromatic carbocycles. The number of carbonyl (C=O) groups excluding carboxylic acids is 1. The van der Waals surface area contributed by atoms with E-state index in [2.05, 4.69) is 20.3 Å². The lowest BCUT2D eigenvalue weighted by Gasteiger charge is -2.19. The van der Waals surface area contributed by atoms with Crippen LogP contribution in [0.25, 0.3) is 0 Å². The van der Waals surface area contributed by atoms with Crippen molar-refractivity contribution in [3.8, 4) is 0 Å². The van der Waals surface area contributed by atoms with Crippen molar-refractivity contribution < 1.29 is 9.53 Å². The molecule has 3 heterocycles. The fourth-order valence-electron chi connectivity index (χ4n) is 3.29. The van der Waals surface area contributed by atoms with E-state index >= 15 is 0 Å². The van der Waals surface area contributed by atoms with E-state index in [1.165, 1.54) is 6.33 Å². The van der Waals surface area contributed by atoms with E-state index in [9.17, 15) is 4.79 Å². The maximum atomic E-state index is 12.6. The number of carbonyl (C=O) groups is 1. The zero-order valence-electron chi connectivity index (χ0n) is 13.7. The van der Waals surface area contributed by atoms with Gasteiger partial charge in [-0.05, 0) is 19.3 Å². The first kappa shape index (κ1) is 15.3. The van der Waals surface area contributed by atoms with Gasteiger partial charge in [-0.3, -0.25) is 4.79 Å². The maximum absolute atomic E-state index is 12.6. The first-order valence-corrected chi connectivity index (χ1v) is 8.41. The summed E-state index contributed by atoms with van der Waals surface area (Å²) in [5, 5.41) is 3.04. The number of ether oxygens (including phenoxy) is 1. The smallest absolute Gasteiger partial charge is 0.254 e. The molecule has 2 aromatic heterocycles. The average molecular weight is 327 g/mol. The summed E-state index contributed by atoms with van der Waals surface area (Å²) in [4.78, 5) is 25.3. The quantitative estimate of drug-likeness (QED) is 0.902. The molecule has 1 N–H and O–H groups in total. The molecule has 2 fully saturated rings. The number of aryl methyl sites for hydroxylation is 1. The first-order valence-electron chi connectivity index (χ1n) is 8.41. The second-order valence-electron chi connectivity index (χ2n) is 6.54. The van der Waals surface area contributed by atoms with Crippen LogP contribution < -0.4 is 5.32 Å². The van der Waals surface area contributed by atoms with E-state index in [1.54, 1.807) is 12.4 Å². The van der Waals surface area contributed by atoms with Crippen molar-refractivity contribution in [2.24, 2.45) is 13.0 Å². The van der Waals surface area contributed by atoms with Gasteiger partial charge in [0.15, 0.2) is 0 Å². The van der Waals surface area contributed by atoms with Crippen LogP contribution >= 0.6 is 0 Å².